The van der Waals surface area contributed by atoms with Crippen molar-refractivity contribution < 1.29 is 4.79 Å². The zero-order valence-electron chi connectivity index (χ0n) is 17.8. The second-order valence-corrected chi connectivity index (χ2v) is 8.18. The predicted molar refractivity (Wildman–Crippen MR) is 111 cm³/mol. The Balaban J connectivity index is 1.50. The maximum absolute atomic E-state index is 13.1. The van der Waals surface area contributed by atoms with Crippen LogP contribution in [0.5, 0.6) is 0 Å². The number of rotatable bonds is 4. The minimum absolute atomic E-state index is 0.0375. The summed E-state index contributed by atoms with van der Waals surface area (Å²) in [6.07, 6.45) is 0. The molecule has 0 fully saturated rings. The number of hydrogen-bond acceptors (Lipinski definition) is 4. The van der Waals surface area contributed by atoms with Gasteiger partial charge in [0.15, 0.2) is 5.82 Å². The second kappa shape index (κ2) is 7.46. The predicted octanol–water partition coefficient (Wildman–Crippen LogP) is 3.48. The molecule has 1 amide bonds. The van der Waals surface area contributed by atoms with Gasteiger partial charge in [-0.1, -0.05) is 26.0 Å². The minimum Gasteiger partial charge on any atom is -0.327 e. The van der Waals surface area contributed by atoms with E-state index < -0.39 is 0 Å². The number of hydrogen-bond donors (Lipinski definition) is 0. The molecule has 0 spiro atoms. The summed E-state index contributed by atoms with van der Waals surface area (Å²) in [5.41, 5.74) is 3.98. The van der Waals surface area contributed by atoms with Crippen molar-refractivity contribution in [3.05, 3.63) is 64.5 Å². The molecular formula is C22H28N6O. The standard InChI is InChI=1S/C22H28N6O/c1-14(2)20-23-24-21-17(5)26(10-11-27(20)21)22(29)19-8-6-18(7-9-19)13-28-16(4)12-15(3)25-28/h6-9,12,14,17H,10-11,13H2,1-5H3. The van der Waals surface area contributed by atoms with Crippen molar-refractivity contribution in [1.82, 2.24) is 29.4 Å². The van der Waals surface area contributed by atoms with E-state index in [4.69, 9.17) is 0 Å². The lowest BCUT2D eigenvalue weighted by Crippen LogP contribution is -2.41. The number of benzene rings is 1. The first-order valence-electron chi connectivity index (χ1n) is 10.2. The Bertz CT molecular complexity index is 1030. The molecule has 1 aliphatic heterocycles. The van der Waals surface area contributed by atoms with E-state index in [2.05, 4.69) is 46.7 Å². The number of nitrogens with zero attached hydrogens (tertiary/aromatic N) is 6. The summed E-state index contributed by atoms with van der Waals surface area (Å²) in [6, 6.07) is 9.82. The molecule has 152 valence electrons. The molecule has 1 aliphatic rings. The number of amides is 1. The molecule has 7 heteroatoms. The van der Waals surface area contributed by atoms with Crippen molar-refractivity contribution in [1.29, 1.82) is 0 Å². The molecule has 4 rings (SSSR count). The van der Waals surface area contributed by atoms with Crippen molar-refractivity contribution in [2.75, 3.05) is 6.54 Å². The average molecular weight is 393 g/mol. The molecule has 0 bridgehead atoms. The van der Waals surface area contributed by atoms with E-state index in [9.17, 15) is 4.79 Å². The number of carbonyl (C=O) groups is 1. The van der Waals surface area contributed by atoms with Crippen LogP contribution in [-0.4, -0.2) is 41.9 Å². The monoisotopic (exact) mass is 392 g/mol. The quantitative estimate of drug-likeness (QED) is 0.682. The zero-order valence-corrected chi connectivity index (χ0v) is 17.8. The minimum atomic E-state index is -0.0920. The van der Waals surface area contributed by atoms with E-state index in [0.29, 0.717) is 24.6 Å². The van der Waals surface area contributed by atoms with E-state index in [1.54, 1.807) is 0 Å². The van der Waals surface area contributed by atoms with Crippen LogP contribution >= 0.6 is 0 Å². The van der Waals surface area contributed by atoms with Crippen LogP contribution in [-0.2, 0) is 13.1 Å². The Morgan fingerprint density at radius 3 is 2.48 bits per heavy atom. The maximum atomic E-state index is 13.1. The molecule has 0 N–H and O–H groups in total. The van der Waals surface area contributed by atoms with Crippen molar-refractivity contribution >= 4 is 5.91 Å². The lowest BCUT2D eigenvalue weighted by Gasteiger charge is -2.34. The Kier molecular flexibility index (Phi) is 4.98. The first kappa shape index (κ1) is 19.4. The molecule has 1 atom stereocenters. The first-order valence-corrected chi connectivity index (χ1v) is 10.2. The largest absolute Gasteiger partial charge is 0.327 e. The van der Waals surface area contributed by atoms with Gasteiger partial charge in [-0.05, 0) is 44.5 Å². The molecule has 0 saturated carbocycles. The van der Waals surface area contributed by atoms with Gasteiger partial charge in [0.25, 0.3) is 5.91 Å². The maximum Gasteiger partial charge on any atom is 0.254 e. The van der Waals surface area contributed by atoms with Gasteiger partial charge in [0.2, 0.25) is 0 Å². The third-order valence-electron chi connectivity index (χ3n) is 5.63. The highest BCUT2D eigenvalue weighted by Crippen LogP contribution is 2.28. The fourth-order valence-corrected chi connectivity index (χ4v) is 4.04. The Hall–Kier alpha value is -2.96. The lowest BCUT2D eigenvalue weighted by molar-refractivity contribution is 0.0636. The topological polar surface area (TPSA) is 68.8 Å². The van der Waals surface area contributed by atoms with Crippen LogP contribution < -0.4 is 0 Å². The van der Waals surface area contributed by atoms with E-state index in [1.165, 1.54) is 0 Å². The van der Waals surface area contributed by atoms with Gasteiger partial charge in [0, 0.05) is 30.3 Å². The molecule has 3 heterocycles. The van der Waals surface area contributed by atoms with Crippen molar-refractivity contribution in [3.8, 4) is 0 Å². The van der Waals surface area contributed by atoms with Gasteiger partial charge < -0.3 is 9.47 Å². The van der Waals surface area contributed by atoms with Gasteiger partial charge in [-0.3, -0.25) is 9.48 Å². The fourth-order valence-electron chi connectivity index (χ4n) is 4.04. The SMILES string of the molecule is Cc1cc(C)n(Cc2ccc(C(=O)N3CCn4c(C(C)C)nnc4C3C)cc2)n1. The molecule has 7 nitrogen and oxygen atoms in total. The Labute approximate surface area is 171 Å². The second-order valence-electron chi connectivity index (χ2n) is 8.18. The van der Waals surface area contributed by atoms with Crippen LogP contribution in [0.1, 0.15) is 71.7 Å². The summed E-state index contributed by atoms with van der Waals surface area (Å²) in [7, 11) is 0. The van der Waals surface area contributed by atoms with Gasteiger partial charge in [0.05, 0.1) is 18.3 Å². The molecule has 0 radical (unpaired) electrons. The summed E-state index contributed by atoms with van der Waals surface area (Å²) in [5.74, 6) is 2.22. The third-order valence-corrected chi connectivity index (χ3v) is 5.63. The molecule has 29 heavy (non-hydrogen) atoms. The molecule has 3 aromatic rings. The van der Waals surface area contributed by atoms with Crippen LogP contribution in [0, 0.1) is 13.8 Å². The normalized spacial score (nSPS) is 16.3. The average Bonchev–Trinajstić information content (AvgIpc) is 3.26. The highest BCUT2D eigenvalue weighted by atomic mass is 16.2. The molecule has 1 unspecified atom stereocenters. The summed E-state index contributed by atoms with van der Waals surface area (Å²) in [4.78, 5) is 15.0. The molecule has 0 saturated heterocycles. The Morgan fingerprint density at radius 1 is 1.14 bits per heavy atom. The highest BCUT2D eigenvalue weighted by Gasteiger charge is 2.32. The van der Waals surface area contributed by atoms with Gasteiger partial charge in [-0.25, -0.2) is 0 Å². The number of aryl methyl sites for hydroxylation is 2. The smallest absolute Gasteiger partial charge is 0.254 e. The molecule has 1 aromatic carbocycles. The zero-order chi connectivity index (χ0) is 20.7. The van der Waals surface area contributed by atoms with Crippen molar-refractivity contribution in [2.45, 2.75) is 59.7 Å². The van der Waals surface area contributed by atoms with Crippen molar-refractivity contribution in [3.63, 3.8) is 0 Å². The van der Waals surface area contributed by atoms with E-state index >= 15 is 0 Å². The first-order chi connectivity index (χ1) is 13.8. The highest BCUT2D eigenvalue weighted by molar-refractivity contribution is 5.94. The van der Waals surface area contributed by atoms with Gasteiger partial charge in [-0.15, -0.1) is 10.2 Å². The Morgan fingerprint density at radius 2 is 1.86 bits per heavy atom. The summed E-state index contributed by atoms with van der Waals surface area (Å²) in [6.45, 7) is 12.4. The summed E-state index contributed by atoms with van der Waals surface area (Å²) >= 11 is 0. The molecule has 2 aromatic heterocycles. The van der Waals surface area contributed by atoms with Gasteiger partial charge in [0.1, 0.15) is 5.82 Å². The fraction of sp³-hybridized carbons (Fsp3) is 0.455. The third kappa shape index (κ3) is 3.57. The van der Waals surface area contributed by atoms with Crippen LogP contribution in [0.15, 0.2) is 30.3 Å². The van der Waals surface area contributed by atoms with Gasteiger partial charge in [-0.2, -0.15) is 5.10 Å². The van der Waals surface area contributed by atoms with Crippen LogP contribution in [0.4, 0.5) is 0 Å². The number of aromatic nitrogens is 5. The lowest BCUT2D eigenvalue weighted by atomic mass is 10.1. The summed E-state index contributed by atoms with van der Waals surface area (Å²) < 4.78 is 4.15. The van der Waals surface area contributed by atoms with E-state index in [0.717, 1.165) is 35.1 Å². The molecule has 0 aliphatic carbocycles. The van der Waals surface area contributed by atoms with Gasteiger partial charge >= 0.3 is 0 Å². The van der Waals surface area contributed by atoms with Crippen LogP contribution in [0.3, 0.4) is 0 Å². The van der Waals surface area contributed by atoms with E-state index in [1.807, 2.05) is 47.7 Å². The summed E-state index contributed by atoms with van der Waals surface area (Å²) in [5, 5.41) is 13.2. The van der Waals surface area contributed by atoms with E-state index in [-0.39, 0.29) is 11.9 Å². The molecular weight excluding hydrogens is 364 g/mol. The van der Waals surface area contributed by atoms with Crippen molar-refractivity contribution in [2.24, 2.45) is 0 Å². The van der Waals surface area contributed by atoms with Crippen LogP contribution in [0.2, 0.25) is 0 Å². The van der Waals surface area contributed by atoms with Crippen LogP contribution in [0.25, 0.3) is 0 Å². The number of carbonyl (C=O) groups excluding carboxylic acids is 1. The number of fused-ring (bicyclic) bond motifs is 1.